The monoisotopic (exact) mass is 269 g/mol. The molecular formula is C11H15N3O3S. The van der Waals surface area contributed by atoms with Gasteiger partial charge in [0.2, 0.25) is 5.91 Å². The van der Waals surface area contributed by atoms with E-state index in [1.165, 1.54) is 18.7 Å². The molecule has 0 radical (unpaired) electrons. The molecule has 7 heteroatoms. The number of amides is 1. The van der Waals surface area contributed by atoms with Crippen molar-refractivity contribution < 1.29 is 14.7 Å². The fourth-order valence-corrected chi connectivity index (χ4v) is 2.07. The van der Waals surface area contributed by atoms with E-state index < -0.39 is 12.0 Å². The molecule has 0 aliphatic rings. The van der Waals surface area contributed by atoms with Crippen LogP contribution in [-0.2, 0) is 9.59 Å². The fourth-order valence-electron chi connectivity index (χ4n) is 1.18. The van der Waals surface area contributed by atoms with Gasteiger partial charge in [-0.1, -0.05) is 0 Å². The lowest BCUT2D eigenvalue weighted by Gasteiger charge is -2.12. The SMILES string of the molecule is CC(=O)N[C@@H](CSc1cnc(C)c(C)n1)C(=O)O. The summed E-state index contributed by atoms with van der Waals surface area (Å²) in [6, 6.07) is -0.920. The van der Waals surface area contributed by atoms with Crippen LogP contribution in [0.3, 0.4) is 0 Å². The van der Waals surface area contributed by atoms with Crippen LogP contribution in [0.25, 0.3) is 0 Å². The Morgan fingerprint density at radius 2 is 2.11 bits per heavy atom. The Morgan fingerprint density at radius 3 is 2.61 bits per heavy atom. The summed E-state index contributed by atoms with van der Waals surface area (Å²) in [4.78, 5) is 30.2. The molecule has 6 nitrogen and oxygen atoms in total. The molecule has 98 valence electrons. The second-order valence-corrected chi connectivity index (χ2v) is 4.82. The average molecular weight is 269 g/mol. The predicted octanol–water partition coefficient (Wildman–Crippen LogP) is 0.775. The Balaban J connectivity index is 2.64. The smallest absolute Gasteiger partial charge is 0.327 e. The number of thioether (sulfide) groups is 1. The first-order valence-electron chi connectivity index (χ1n) is 5.33. The van der Waals surface area contributed by atoms with Crippen LogP contribution in [0, 0.1) is 13.8 Å². The topological polar surface area (TPSA) is 92.2 Å². The molecule has 1 heterocycles. The van der Waals surface area contributed by atoms with Gasteiger partial charge in [-0.25, -0.2) is 9.78 Å². The third-order valence-corrected chi connectivity index (χ3v) is 3.24. The van der Waals surface area contributed by atoms with Gasteiger partial charge in [0.25, 0.3) is 0 Å². The molecule has 0 spiro atoms. The number of carbonyl (C=O) groups is 2. The first-order chi connectivity index (χ1) is 8.40. The number of nitrogens with one attached hydrogen (secondary N) is 1. The van der Waals surface area contributed by atoms with Crippen molar-refractivity contribution in [1.82, 2.24) is 15.3 Å². The van der Waals surface area contributed by atoms with Crippen molar-refractivity contribution in [3.63, 3.8) is 0 Å². The van der Waals surface area contributed by atoms with E-state index in [-0.39, 0.29) is 11.7 Å². The lowest BCUT2D eigenvalue weighted by molar-refractivity contribution is -0.140. The van der Waals surface area contributed by atoms with Crippen molar-refractivity contribution in [1.29, 1.82) is 0 Å². The maximum atomic E-state index is 10.9. The van der Waals surface area contributed by atoms with Gasteiger partial charge in [-0.2, -0.15) is 0 Å². The lowest BCUT2D eigenvalue weighted by Crippen LogP contribution is -2.41. The van der Waals surface area contributed by atoms with E-state index >= 15 is 0 Å². The summed E-state index contributed by atoms with van der Waals surface area (Å²) in [5, 5.41) is 12.0. The van der Waals surface area contributed by atoms with Crippen LogP contribution in [0.2, 0.25) is 0 Å². The number of carbonyl (C=O) groups excluding carboxylic acids is 1. The van der Waals surface area contributed by atoms with Gasteiger partial charge in [0.15, 0.2) is 0 Å². The lowest BCUT2D eigenvalue weighted by atomic mass is 10.3. The number of aryl methyl sites for hydroxylation is 2. The molecule has 0 aliphatic carbocycles. The zero-order chi connectivity index (χ0) is 13.7. The van der Waals surface area contributed by atoms with Gasteiger partial charge in [0, 0.05) is 12.7 Å². The van der Waals surface area contributed by atoms with E-state index in [0.29, 0.717) is 5.03 Å². The maximum Gasteiger partial charge on any atom is 0.327 e. The number of hydrogen-bond acceptors (Lipinski definition) is 5. The minimum absolute atomic E-state index is 0.214. The number of carboxylic acid groups (broad SMARTS) is 1. The Hall–Kier alpha value is -1.63. The highest BCUT2D eigenvalue weighted by atomic mass is 32.2. The van der Waals surface area contributed by atoms with E-state index in [9.17, 15) is 9.59 Å². The van der Waals surface area contributed by atoms with Crippen LogP contribution in [0.5, 0.6) is 0 Å². The second-order valence-electron chi connectivity index (χ2n) is 3.78. The largest absolute Gasteiger partial charge is 0.480 e. The average Bonchev–Trinajstić information content (AvgIpc) is 2.28. The minimum atomic E-state index is -1.06. The van der Waals surface area contributed by atoms with Crippen LogP contribution in [0.15, 0.2) is 11.2 Å². The molecule has 0 bridgehead atoms. The number of rotatable bonds is 5. The van der Waals surface area contributed by atoms with Crippen molar-refractivity contribution in [2.75, 3.05) is 5.75 Å². The van der Waals surface area contributed by atoms with E-state index in [0.717, 1.165) is 11.4 Å². The highest BCUT2D eigenvalue weighted by molar-refractivity contribution is 7.99. The third kappa shape index (κ3) is 4.33. The summed E-state index contributed by atoms with van der Waals surface area (Å²) in [6.07, 6.45) is 1.60. The molecule has 1 atom stereocenters. The van der Waals surface area contributed by atoms with Gasteiger partial charge >= 0.3 is 5.97 Å². The third-order valence-electron chi connectivity index (χ3n) is 2.24. The van der Waals surface area contributed by atoms with E-state index in [2.05, 4.69) is 15.3 Å². The Bertz CT molecular complexity index is 465. The van der Waals surface area contributed by atoms with Gasteiger partial charge in [-0.3, -0.25) is 9.78 Å². The van der Waals surface area contributed by atoms with Crippen LogP contribution >= 0.6 is 11.8 Å². The summed E-state index contributed by atoms with van der Waals surface area (Å²) in [7, 11) is 0. The predicted molar refractivity (Wildman–Crippen MR) is 67.5 cm³/mol. The molecule has 0 saturated heterocycles. The molecular weight excluding hydrogens is 254 g/mol. The highest BCUT2D eigenvalue weighted by Gasteiger charge is 2.18. The molecule has 1 rings (SSSR count). The first kappa shape index (κ1) is 14.4. The number of carboxylic acids is 1. The second kappa shape index (κ2) is 6.34. The molecule has 0 saturated carbocycles. The van der Waals surface area contributed by atoms with Gasteiger partial charge in [0.05, 0.1) is 17.6 Å². The highest BCUT2D eigenvalue weighted by Crippen LogP contribution is 2.16. The molecule has 1 aromatic rings. The Labute approximate surface area is 109 Å². The molecule has 18 heavy (non-hydrogen) atoms. The summed E-state index contributed by atoms with van der Waals surface area (Å²) < 4.78 is 0. The van der Waals surface area contributed by atoms with Gasteiger partial charge in [-0.05, 0) is 13.8 Å². The van der Waals surface area contributed by atoms with Crippen LogP contribution in [-0.4, -0.2) is 38.7 Å². The van der Waals surface area contributed by atoms with Crippen molar-refractivity contribution in [2.24, 2.45) is 0 Å². The normalized spacial score (nSPS) is 11.9. The molecule has 1 amide bonds. The van der Waals surface area contributed by atoms with Gasteiger partial charge < -0.3 is 10.4 Å². The number of aliphatic carboxylic acids is 1. The first-order valence-corrected chi connectivity index (χ1v) is 6.31. The molecule has 0 aromatic carbocycles. The van der Waals surface area contributed by atoms with Gasteiger partial charge in [-0.15, -0.1) is 11.8 Å². The number of aromatic nitrogens is 2. The van der Waals surface area contributed by atoms with Crippen molar-refractivity contribution >= 4 is 23.6 Å². The number of hydrogen-bond donors (Lipinski definition) is 2. The van der Waals surface area contributed by atoms with Crippen molar-refractivity contribution in [3.8, 4) is 0 Å². The van der Waals surface area contributed by atoms with E-state index in [1.54, 1.807) is 6.20 Å². The van der Waals surface area contributed by atoms with Crippen LogP contribution in [0.4, 0.5) is 0 Å². The van der Waals surface area contributed by atoms with Crippen molar-refractivity contribution in [2.45, 2.75) is 31.8 Å². The van der Waals surface area contributed by atoms with Gasteiger partial charge in [0.1, 0.15) is 11.1 Å². The minimum Gasteiger partial charge on any atom is -0.480 e. The van der Waals surface area contributed by atoms with E-state index in [1.807, 2.05) is 13.8 Å². The van der Waals surface area contributed by atoms with Crippen LogP contribution < -0.4 is 5.32 Å². The van der Waals surface area contributed by atoms with Crippen LogP contribution in [0.1, 0.15) is 18.3 Å². The molecule has 0 unspecified atom stereocenters. The molecule has 0 aliphatic heterocycles. The molecule has 2 N–H and O–H groups in total. The standard InChI is InChI=1S/C11H15N3O3S/c1-6-7(2)13-10(4-12-6)18-5-9(11(16)17)14-8(3)15/h4,9H,5H2,1-3H3,(H,14,15)(H,16,17)/t9-/m0/s1. The maximum absolute atomic E-state index is 10.9. The Morgan fingerprint density at radius 1 is 1.44 bits per heavy atom. The summed E-state index contributed by atoms with van der Waals surface area (Å²) in [6.45, 7) is 4.99. The van der Waals surface area contributed by atoms with E-state index in [4.69, 9.17) is 5.11 Å². The Kier molecular flexibility index (Phi) is 5.08. The fraction of sp³-hybridized carbons (Fsp3) is 0.455. The quantitative estimate of drug-likeness (QED) is 0.767. The molecule has 0 fully saturated rings. The summed E-state index contributed by atoms with van der Waals surface area (Å²) >= 11 is 1.25. The zero-order valence-electron chi connectivity index (χ0n) is 10.4. The molecule has 1 aromatic heterocycles. The van der Waals surface area contributed by atoms with Crippen molar-refractivity contribution in [3.05, 3.63) is 17.6 Å². The zero-order valence-corrected chi connectivity index (χ0v) is 11.2. The summed E-state index contributed by atoms with van der Waals surface area (Å²) in [5.41, 5.74) is 1.65. The summed E-state index contributed by atoms with van der Waals surface area (Å²) in [5.74, 6) is -1.21. The number of nitrogens with zero attached hydrogens (tertiary/aromatic N) is 2.